The summed E-state index contributed by atoms with van der Waals surface area (Å²) in [5.41, 5.74) is 3.14. The second-order valence-corrected chi connectivity index (χ2v) is 8.50. The van der Waals surface area contributed by atoms with Gasteiger partial charge in [0.2, 0.25) is 10.0 Å². The molecule has 0 spiro atoms. The van der Waals surface area contributed by atoms with Crippen LogP contribution in [-0.2, 0) is 14.8 Å². The number of hydrogen-bond donors (Lipinski definition) is 1. The van der Waals surface area contributed by atoms with Gasteiger partial charge in [-0.3, -0.25) is 9.10 Å². The Morgan fingerprint density at radius 3 is 2.38 bits per heavy atom. The number of methoxy groups -OCH3 is 2. The highest BCUT2D eigenvalue weighted by molar-refractivity contribution is 7.92. The molecule has 0 radical (unpaired) electrons. The molecule has 0 saturated heterocycles. The summed E-state index contributed by atoms with van der Waals surface area (Å²) in [6, 6.07) is 9.35. The fraction of sp³-hybridized carbons (Fsp3) is 0.222. The van der Waals surface area contributed by atoms with Crippen LogP contribution in [0.5, 0.6) is 11.5 Å². The number of hydrogen-bond acceptors (Lipinski definition) is 6. The van der Waals surface area contributed by atoms with Gasteiger partial charge in [-0.05, 0) is 42.0 Å². The van der Waals surface area contributed by atoms with Gasteiger partial charge in [-0.15, -0.1) is 0 Å². The number of sulfonamides is 1. The molecule has 0 bridgehead atoms. The van der Waals surface area contributed by atoms with Gasteiger partial charge in [-0.1, -0.05) is 23.2 Å². The smallest absolute Gasteiger partial charge is 0.260 e. The van der Waals surface area contributed by atoms with E-state index < -0.39 is 22.5 Å². The van der Waals surface area contributed by atoms with Crippen LogP contribution in [0, 0.1) is 0 Å². The number of nitrogens with one attached hydrogen (secondary N) is 1. The van der Waals surface area contributed by atoms with Crippen LogP contribution in [0.4, 0.5) is 5.69 Å². The number of benzene rings is 2. The Morgan fingerprint density at radius 1 is 1.10 bits per heavy atom. The molecule has 1 N–H and O–H groups in total. The van der Waals surface area contributed by atoms with Crippen molar-refractivity contribution in [2.75, 3.05) is 31.3 Å². The predicted octanol–water partition coefficient (Wildman–Crippen LogP) is 2.93. The van der Waals surface area contributed by atoms with Gasteiger partial charge in [0.15, 0.2) is 11.5 Å². The molecule has 8 nitrogen and oxygen atoms in total. The van der Waals surface area contributed by atoms with E-state index in [-0.39, 0.29) is 15.7 Å². The van der Waals surface area contributed by atoms with Crippen LogP contribution in [0.15, 0.2) is 41.5 Å². The molecule has 0 aliphatic carbocycles. The third-order valence-electron chi connectivity index (χ3n) is 3.69. The normalized spacial score (nSPS) is 11.3. The lowest BCUT2D eigenvalue weighted by molar-refractivity contribution is -0.119. The second kappa shape index (κ2) is 9.82. The molecule has 0 unspecified atom stereocenters. The zero-order valence-corrected chi connectivity index (χ0v) is 18.2. The summed E-state index contributed by atoms with van der Waals surface area (Å²) in [6.45, 7) is -0.486. The number of rotatable bonds is 8. The number of ether oxygens (including phenoxy) is 2. The Hall–Kier alpha value is -2.49. The summed E-state index contributed by atoms with van der Waals surface area (Å²) in [4.78, 5) is 12.2. The van der Waals surface area contributed by atoms with Crippen molar-refractivity contribution in [3.05, 3.63) is 52.0 Å². The fourth-order valence-electron chi connectivity index (χ4n) is 2.32. The Bertz CT molecular complexity index is 1030. The molecule has 2 aromatic carbocycles. The zero-order valence-electron chi connectivity index (χ0n) is 15.8. The molecule has 0 atom stereocenters. The Kier molecular flexibility index (Phi) is 7.72. The molecule has 0 aliphatic heterocycles. The SMILES string of the molecule is COc1ccc(/C=N\NC(=O)CN(c2ccc(Cl)c(Cl)c2)S(C)(=O)=O)cc1OC. The van der Waals surface area contributed by atoms with Crippen LogP contribution in [0.3, 0.4) is 0 Å². The summed E-state index contributed by atoms with van der Waals surface area (Å²) >= 11 is 11.8. The van der Waals surface area contributed by atoms with E-state index >= 15 is 0 Å². The van der Waals surface area contributed by atoms with Crippen molar-refractivity contribution in [2.24, 2.45) is 5.10 Å². The van der Waals surface area contributed by atoms with Gasteiger partial charge < -0.3 is 9.47 Å². The molecular weight excluding hydrogens is 441 g/mol. The van der Waals surface area contributed by atoms with E-state index in [1.54, 1.807) is 18.2 Å². The van der Waals surface area contributed by atoms with Gasteiger partial charge in [-0.2, -0.15) is 5.10 Å². The average Bonchev–Trinajstić information content (AvgIpc) is 2.67. The van der Waals surface area contributed by atoms with Gasteiger partial charge in [0.05, 0.1) is 42.4 Å². The Balaban J connectivity index is 2.11. The van der Waals surface area contributed by atoms with E-state index in [4.69, 9.17) is 32.7 Å². The summed E-state index contributed by atoms with van der Waals surface area (Å²) in [6.07, 6.45) is 2.37. The highest BCUT2D eigenvalue weighted by atomic mass is 35.5. The molecular formula is C18H19Cl2N3O5S. The first kappa shape index (κ1) is 22.8. The molecule has 0 aliphatic rings. The van der Waals surface area contributed by atoms with Gasteiger partial charge in [0, 0.05) is 0 Å². The van der Waals surface area contributed by atoms with Gasteiger partial charge >= 0.3 is 0 Å². The van der Waals surface area contributed by atoms with E-state index in [0.717, 1.165) is 10.6 Å². The van der Waals surface area contributed by atoms with Crippen LogP contribution >= 0.6 is 23.2 Å². The monoisotopic (exact) mass is 459 g/mol. The zero-order chi connectivity index (χ0) is 21.6. The van der Waals surface area contributed by atoms with Crippen molar-refractivity contribution in [2.45, 2.75) is 0 Å². The Morgan fingerprint density at radius 2 is 1.79 bits per heavy atom. The minimum atomic E-state index is -3.75. The van der Waals surface area contributed by atoms with Crippen molar-refractivity contribution < 1.29 is 22.7 Å². The Labute approximate surface area is 179 Å². The first-order chi connectivity index (χ1) is 13.7. The molecule has 11 heteroatoms. The summed E-state index contributed by atoms with van der Waals surface area (Å²) in [5, 5.41) is 4.29. The number of anilines is 1. The molecule has 0 heterocycles. The van der Waals surface area contributed by atoms with Gasteiger partial charge in [-0.25, -0.2) is 13.8 Å². The molecule has 156 valence electrons. The number of amides is 1. The van der Waals surface area contributed by atoms with E-state index in [1.165, 1.54) is 38.6 Å². The highest BCUT2D eigenvalue weighted by Crippen LogP contribution is 2.28. The molecule has 1 amide bonds. The van der Waals surface area contributed by atoms with E-state index in [1.807, 2.05) is 0 Å². The standard InChI is InChI=1S/C18H19Cl2N3O5S/c1-27-16-7-4-12(8-17(16)28-2)10-21-22-18(24)11-23(29(3,25)26)13-5-6-14(19)15(20)9-13/h4-10H,11H2,1-3H3,(H,22,24)/b21-10-. The fourth-order valence-corrected chi connectivity index (χ4v) is 3.46. The quantitative estimate of drug-likeness (QED) is 0.483. The van der Waals surface area contributed by atoms with E-state index in [0.29, 0.717) is 17.1 Å². The minimum Gasteiger partial charge on any atom is -0.493 e. The van der Waals surface area contributed by atoms with Gasteiger partial charge in [0.25, 0.3) is 5.91 Å². The lowest BCUT2D eigenvalue weighted by atomic mass is 10.2. The molecule has 29 heavy (non-hydrogen) atoms. The minimum absolute atomic E-state index is 0.171. The lowest BCUT2D eigenvalue weighted by Gasteiger charge is -2.21. The maximum atomic E-state index is 12.2. The summed E-state index contributed by atoms with van der Waals surface area (Å²) in [5.74, 6) is 0.419. The number of carbonyl (C=O) groups excluding carboxylic acids is 1. The van der Waals surface area contributed by atoms with Crippen molar-refractivity contribution in [3.8, 4) is 11.5 Å². The highest BCUT2D eigenvalue weighted by Gasteiger charge is 2.21. The maximum Gasteiger partial charge on any atom is 0.260 e. The van der Waals surface area contributed by atoms with Crippen molar-refractivity contribution in [1.82, 2.24) is 5.43 Å². The number of hydrazone groups is 1. The molecule has 0 fully saturated rings. The number of carbonyl (C=O) groups is 1. The van der Waals surface area contributed by atoms with Crippen LogP contribution in [-0.4, -0.2) is 47.6 Å². The van der Waals surface area contributed by atoms with E-state index in [2.05, 4.69) is 10.5 Å². The largest absolute Gasteiger partial charge is 0.493 e. The second-order valence-electron chi connectivity index (χ2n) is 5.78. The molecule has 0 aromatic heterocycles. The first-order valence-corrected chi connectivity index (χ1v) is 10.7. The molecule has 2 rings (SSSR count). The lowest BCUT2D eigenvalue weighted by Crippen LogP contribution is -2.39. The maximum absolute atomic E-state index is 12.2. The average molecular weight is 460 g/mol. The predicted molar refractivity (Wildman–Crippen MR) is 114 cm³/mol. The topological polar surface area (TPSA) is 97.3 Å². The molecule has 2 aromatic rings. The van der Waals surface area contributed by atoms with Crippen LogP contribution < -0.4 is 19.2 Å². The van der Waals surface area contributed by atoms with Crippen LogP contribution in [0.25, 0.3) is 0 Å². The van der Waals surface area contributed by atoms with Crippen LogP contribution in [0.1, 0.15) is 5.56 Å². The van der Waals surface area contributed by atoms with Gasteiger partial charge in [0.1, 0.15) is 6.54 Å². The third kappa shape index (κ3) is 6.25. The molecule has 0 saturated carbocycles. The summed E-state index contributed by atoms with van der Waals surface area (Å²) in [7, 11) is -0.724. The first-order valence-electron chi connectivity index (χ1n) is 8.12. The van der Waals surface area contributed by atoms with E-state index in [9.17, 15) is 13.2 Å². The summed E-state index contributed by atoms with van der Waals surface area (Å²) < 4.78 is 35.4. The van der Waals surface area contributed by atoms with Crippen molar-refractivity contribution in [3.63, 3.8) is 0 Å². The van der Waals surface area contributed by atoms with Crippen molar-refractivity contribution >= 4 is 51.0 Å². The third-order valence-corrected chi connectivity index (χ3v) is 5.57. The number of nitrogens with zero attached hydrogens (tertiary/aromatic N) is 2. The number of halogens is 2. The van der Waals surface area contributed by atoms with Crippen LogP contribution in [0.2, 0.25) is 10.0 Å². The van der Waals surface area contributed by atoms with Crippen molar-refractivity contribution in [1.29, 1.82) is 0 Å².